The van der Waals surface area contributed by atoms with Gasteiger partial charge in [0.25, 0.3) is 0 Å². The van der Waals surface area contributed by atoms with Crippen molar-refractivity contribution in [1.82, 2.24) is 0 Å². The fraction of sp³-hybridized carbons (Fsp3) is 0.167. The molecule has 0 saturated heterocycles. The van der Waals surface area contributed by atoms with Crippen molar-refractivity contribution < 1.29 is 0 Å². The van der Waals surface area contributed by atoms with E-state index in [9.17, 15) is 0 Å². The highest BCUT2D eigenvalue weighted by molar-refractivity contribution is 5.54. The van der Waals surface area contributed by atoms with Gasteiger partial charge in [0, 0.05) is 0 Å². The third-order valence-corrected chi connectivity index (χ3v) is 1.62. The molecule has 0 N–H and O–H groups in total. The predicted octanol–water partition coefficient (Wildman–Crippen LogP) is 3.67. The van der Waals surface area contributed by atoms with Crippen LogP contribution in [0.25, 0.3) is 6.08 Å². The SMILES string of the molecule is C/C=C\C(C)=C\c1ccccc1. The van der Waals surface area contributed by atoms with Gasteiger partial charge < -0.3 is 0 Å². The average molecular weight is 158 g/mol. The first-order chi connectivity index (χ1) is 5.83. The summed E-state index contributed by atoms with van der Waals surface area (Å²) in [7, 11) is 0. The summed E-state index contributed by atoms with van der Waals surface area (Å²) >= 11 is 0. The second kappa shape index (κ2) is 4.55. The van der Waals surface area contributed by atoms with Gasteiger partial charge in [-0.3, -0.25) is 0 Å². The van der Waals surface area contributed by atoms with E-state index in [1.807, 2.05) is 13.0 Å². The van der Waals surface area contributed by atoms with Crippen molar-refractivity contribution >= 4 is 6.08 Å². The summed E-state index contributed by atoms with van der Waals surface area (Å²) in [6.45, 7) is 4.13. The monoisotopic (exact) mass is 158 g/mol. The van der Waals surface area contributed by atoms with Crippen molar-refractivity contribution in [1.29, 1.82) is 0 Å². The fourth-order valence-corrected chi connectivity index (χ4v) is 1.12. The zero-order valence-corrected chi connectivity index (χ0v) is 7.62. The molecule has 0 aliphatic heterocycles. The second-order valence-corrected chi connectivity index (χ2v) is 2.80. The Balaban J connectivity index is 2.81. The number of benzene rings is 1. The van der Waals surface area contributed by atoms with Gasteiger partial charge in [0.05, 0.1) is 0 Å². The van der Waals surface area contributed by atoms with E-state index in [1.54, 1.807) is 0 Å². The first-order valence-corrected chi connectivity index (χ1v) is 4.19. The maximum atomic E-state index is 2.17. The minimum absolute atomic E-state index is 1.26. The molecule has 0 spiro atoms. The Morgan fingerprint density at radius 2 is 1.83 bits per heavy atom. The second-order valence-electron chi connectivity index (χ2n) is 2.80. The summed E-state index contributed by atoms with van der Waals surface area (Å²) in [5.74, 6) is 0. The molecule has 0 heteroatoms. The molecule has 0 saturated carbocycles. The van der Waals surface area contributed by atoms with Gasteiger partial charge in [-0.25, -0.2) is 0 Å². The maximum Gasteiger partial charge on any atom is -0.0254 e. The van der Waals surface area contributed by atoms with Gasteiger partial charge in [-0.15, -0.1) is 0 Å². The topological polar surface area (TPSA) is 0 Å². The van der Waals surface area contributed by atoms with Gasteiger partial charge >= 0.3 is 0 Å². The highest BCUT2D eigenvalue weighted by Gasteiger charge is 1.84. The number of rotatable bonds is 2. The Morgan fingerprint density at radius 1 is 1.17 bits per heavy atom. The van der Waals surface area contributed by atoms with E-state index in [-0.39, 0.29) is 0 Å². The van der Waals surface area contributed by atoms with E-state index in [1.165, 1.54) is 11.1 Å². The largest absolute Gasteiger partial charge is 0.0874 e. The van der Waals surface area contributed by atoms with Gasteiger partial charge in [0.15, 0.2) is 0 Å². The molecule has 62 valence electrons. The van der Waals surface area contributed by atoms with Crippen LogP contribution in [0.15, 0.2) is 48.1 Å². The summed E-state index contributed by atoms with van der Waals surface area (Å²) in [5.41, 5.74) is 2.54. The minimum Gasteiger partial charge on any atom is -0.0874 e. The van der Waals surface area contributed by atoms with Crippen molar-refractivity contribution in [2.45, 2.75) is 13.8 Å². The van der Waals surface area contributed by atoms with Gasteiger partial charge in [0.1, 0.15) is 0 Å². The minimum atomic E-state index is 1.26. The van der Waals surface area contributed by atoms with E-state index in [4.69, 9.17) is 0 Å². The molecule has 1 rings (SSSR count). The molecule has 0 heterocycles. The first kappa shape index (κ1) is 8.79. The molecule has 0 radical (unpaired) electrons. The molecular formula is C12H14. The number of hydrogen-bond donors (Lipinski definition) is 0. The lowest BCUT2D eigenvalue weighted by Crippen LogP contribution is -1.71. The summed E-state index contributed by atoms with van der Waals surface area (Å²) in [5, 5.41) is 0. The van der Waals surface area contributed by atoms with E-state index in [0.717, 1.165) is 0 Å². The van der Waals surface area contributed by atoms with Crippen LogP contribution in [0.3, 0.4) is 0 Å². The van der Waals surface area contributed by atoms with Crippen LogP contribution in [0.2, 0.25) is 0 Å². The van der Waals surface area contributed by atoms with Crippen LogP contribution in [-0.2, 0) is 0 Å². The van der Waals surface area contributed by atoms with Crippen molar-refractivity contribution in [3.05, 3.63) is 53.6 Å². The predicted molar refractivity (Wildman–Crippen MR) is 54.9 cm³/mol. The quantitative estimate of drug-likeness (QED) is 0.576. The van der Waals surface area contributed by atoms with Crippen molar-refractivity contribution in [2.24, 2.45) is 0 Å². The van der Waals surface area contributed by atoms with Crippen LogP contribution >= 0.6 is 0 Å². The molecule has 0 aliphatic rings. The number of hydrogen-bond acceptors (Lipinski definition) is 0. The molecule has 12 heavy (non-hydrogen) atoms. The Bertz CT molecular complexity index is 278. The molecule has 0 unspecified atom stereocenters. The molecule has 1 aromatic carbocycles. The van der Waals surface area contributed by atoms with Crippen LogP contribution in [0.5, 0.6) is 0 Å². The Labute approximate surface area is 74.2 Å². The van der Waals surface area contributed by atoms with Crippen LogP contribution in [0.1, 0.15) is 19.4 Å². The first-order valence-electron chi connectivity index (χ1n) is 4.19. The van der Waals surface area contributed by atoms with Gasteiger partial charge in [-0.05, 0) is 19.4 Å². The zero-order valence-electron chi connectivity index (χ0n) is 7.62. The average Bonchev–Trinajstić information content (AvgIpc) is 2.06. The molecule has 0 fully saturated rings. The Kier molecular flexibility index (Phi) is 3.34. The van der Waals surface area contributed by atoms with Gasteiger partial charge in [-0.2, -0.15) is 0 Å². The van der Waals surface area contributed by atoms with Gasteiger partial charge in [0.2, 0.25) is 0 Å². The molecule has 0 atom stereocenters. The highest BCUT2D eigenvalue weighted by atomic mass is 13.9. The normalized spacial score (nSPS) is 12.3. The molecule has 0 aromatic heterocycles. The van der Waals surface area contributed by atoms with E-state index in [2.05, 4.69) is 49.4 Å². The van der Waals surface area contributed by atoms with Gasteiger partial charge in [-0.1, -0.05) is 54.1 Å². The lowest BCUT2D eigenvalue weighted by Gasteiger charge is -1.93. The molecule has 0 bridgehead atoms. The zero-order chi connectivity index (χ0) is 8.81. The van der Waals surface area contributed by atoms with Crippen molar-refractivity contribution in [3.8, 4) is 0 Å². The molecule has 0 amide bonds. The molecule has 0 aliphatic carbocycles. The maximum absolute atomic E-state index is 2.17. The third kappa shape index (κ3) is 2.75. The highest BCUT2D eigenvalue weighted by Crippen LogP contribution is 2.06. The summed E-state index contributed by atoms with van der Waals surface area (Å²) in [4.78, 5) is 0. The summed E-state index contributed by atoms with van der Waals surface area (Å²) in [6.07, 6.45) is 6.32. The lowest BCUT2D eigenvalue weighted by molar-refractivity contribution is 1.52. The van der Waals surface area contributed by atoms with E-state index < -0.39 is 0 Å². The smallest absolute Gasteiger partial charge is 0.0254 e. The summed E-state index contributed by atoms with van der Waals surface area (Å²) < 4.78 is 0. The van der Waals surface area contributed by atoms with Crippen LogP contribution in [-0.4, -0.2) is 0 Å². The van der Waals surface area contributed by atoms with Crippen LogP contribution < -0.4 is 0 Å². The molecule has 1 aromatic rings. The standard InChI is InChI=1S/C12H14/c1-3-7-11(2)10-12-8-5-4-6-9-12/h3-10H,1-2H3/b7-3-,11-10+. The fourth-order valence-electron chi connectivity index (χ4n) is 1.12. The molecule has 0 nitrogen and oxygen atoms in total. The van der Waals surface area contributed by atoms with Crippen molar-refractivity contribution in [2.75, 3.05) is 0 Å². The van der Waals surface area contributed by atoms with Crippen LogP contribution in [0, 0.1) is 0 Å². The van der Waals surface area contributed by atoms with E-state index in [0.29, 0.717) is 0 Å². The molecular weight excluding hydrogens is 144 g/mol. The van der Waals surface area contributed by atoms with Crippen molar-refractivity contribution in [3.63, 3.8) is 0 Å². The number of allylic oxidation sites excluding steroid dienone is 3. The van der Waals surface area contributed by atoms with Crippen LogP contribution in [0.4, 0.5) is 0 Å². The van der Waals surface area contributed by atoms with E-state index >= 15 is 0 Å². The third-order valence-electron chi connectivity index (χ3n) is 1.62. The Hall–Kier alpha value is -1.30. The lowest BCUT2D eigenvalue weighted by atomic mass is 10.1. The Morgan fingerprint density at radius 3 is 2.42 bits per heavy atom. The summed E-state index contributed by atoms with van der Waals surface area (Å²) in [6, 6.07) is 10.3.